The second kappa shape index (κ2) is 5.93. The van der Waals surface area contributed by atoms with Gasteiger partial charge in [-0.15, -0.1) is 0 Å². The van der Waals surface area contributed by atoms with Crippen LogP contribution in [0.1, 0.15) is 42.3 Å². The summed E-state index contributed by atoms with van der Waals surface area (Å²) in [6.07, 6.45) is 0. The van der Waals surface area contributed by atoms with Crippen LogP contribution in [0.3, 0.4) is 0 Å². The number of hydrogen-bond acceptors (Lipinski definition) is 6. The van der Waals surface area contributed by atoms with Gasteiger partial charge in [-0.1, -0.05) is 24.3 Å². The summed E-state index contributed by atoms with van der Waals surface area (Å²) in [5, 5.41) is 9.30. The van der Waals surface area contributed by atoms with Crippen molar-refractivity contribution in [2.24, 2.45) is 0 Å². The Morgan fingerprint density at radius 3 is 2.29 bits per heavy atom. The van der Waals surface area contributed by atoms with Crippen LogP contribution in [-0.4, -0.2) is 48.0 Å². The van der Waals surface area contributed by atoms with Crippen molar-refractivity contribution < 1.29 is 29.0 Å². The van der Waals surface area contributed by atoms with Crippen LogP contribution in [0, 0.1) is 0 Å². The topological polar surface area (TPSA) is 94.8 Å². The fourth-order valence-electron chi connectivity index (χ4n) is 3.01. The monoisotopic (exact) mass is 329 g/mol. The third-order valence-corrected chi connectivity index (χ3v) is 3.98. The zero-order chi connectivity index (χ0) is 17.4. The van der Waals surface area contributed by atoms with Crippen LogP contribution in [0.2, 0.25) is 0 Å². The first-order valence-electron chi connectivity index (χ1n) is 7.24. The molecule has 0 radical (unpaired) electrons. The molecule has 1 aliphatic rings. The van der Waals surface area contributed by atoms with Crippen molar-refractivity contribution >= 4 is 17.5 Å². The van der Waals surface area contributed by atoms with Gasteiger partial charge >= 0.3 is 5.97 Å². The van der Waals surface area contributed by atoms with Crippen molar-refractivity contribution in [1.29, 1.82) is 0 Å². The Morgan fingerprint density at radius 2 is 1.75 bits per heavy atom. The number of ether oxygens (including phenoxy) is 2. The number of ketones is 2. The van der Waals surface area contributed by atoms with Crippen molar-refractivity contribution in [2.45, 2.75) is 6.54 Å². The number of rotatable bonds is 4. The van der Waals surface area contributed by atoms with Gasteiger partial charge in [-0.2, -0.15) is 0 Å². The van der Waals surface area contributed by atoms with Gasteiger partial charge in [0.15, 0.2) is 5.78 Å². The number of carbonyl (C=O) groups excluding carboxylic acids is 3. The van der Waals surface area contributed by atoms with Crippen molar-refractivity contribution in [1.82, 2.24) is 4.57 Å². The summed E-state index contributed by atoms with van der Waals surface area (Å²) in [5.41, 5.74) is 0.367. The first-order valence-corrected chi connectivity index (χ1v) is 7.24. The number of aliphatic hydroxyl groups excluding tert-OH is 1. The molecule has 0 fully saturated rings. The average Bonchev–Trinajstić information content (AvgIpc) is 2.94. The van der Waals surface area contributed by atoms with E-state index in [0.717, 1.165) is 0 Å². The molecular formula is C17H15NO6. The molecular weight excluding hydrogens is 314 g/mol. The molecule has 0 saturated carbocycles. The van der Waals surface area contributed by atoms with Gasteiger partial charge in [-0.25, -0.2) is 4.79 Å². The van der Waals surface area contributed by atoms with Crippen molar-refractivity contribution in [3.05, 3.63) is 52.2 Å². The standard InChI is InChI=1S/C17H15NO6/c1-23-16-12(17(22)24-2)11-13(18(16)7-8-19)15(21)10-6-4-3-5-9(10)14(11)20/h3-6,19H,7-8H2,1-2H3. The Bertz CT molecular complexity index is 864. The normalized spacial score (nSPS) is 12.6. The number of fused-ring (bicyclic) bond motifs is 2. The molecule has 0 atom stereocenters. The molecule has 0 bridgehead atoms. The van der Waals surface area contributed by atoms with Crippen molar-refractivity contribution in [2.75, 3.05) is 20.8 Å². The summed E-state index contributed by atoms with van der Waals surface area (Å²) >= 11 is 0. The number of hydrogen-bond donors (Lipinski definition) is 1. The van der Waals surface area contributed by atoms with E-state index in [1.165, 1.54) is 24.9 Å². The SMILES string of the molecule is COC(=O)c1c2c(n(CCO)c1OC)C(=O)c1ccccc1C2=O. The van der Waals surface area contributed by atoms with Crippen LogP contribution in [0.5, 0.6) is 5.88 Å². The van der Waals surface area contributed by atoms with E-state index < -0.39 is 17.5 Å². The van der Waals surface area contributed by atoms with Gasteiger partial charge in [0, 0.05) is 17.7 Å². The van der Waals surface area contributed by atoms with E-state index in [1.54, 1.807) is 18.2 Å². The zero-order valence-corrected chi connectivity index (χ0v) is 13.2. The third kappa shape index (κ3) is 2.05. The maximum absolute atomic E-state index is 12.9. The van der Waals surface area contributed by atoms with Gasteiger partial charge in [0.05, 0.1) is 26.4 Å². The summed E-state index contributed by atoms with van der Waals surface area (Å²) in [7, 11) is 2.50. The van der Waals surface area contributed by atoms with Gasteiger partial charge in [-0.05, 0) is 0 Å². The molecule has 7 nitrogen and oxygen atoms in total. The minimum atomic E-state index is -0.777. The van der Waals surface area contributed by atoms with E-state index in [2.05, 4.69) is 0 Å². The fraction of sp³-hybridized carbons (Fsp3) is 0.235. The molecule has 24 heavy (non-hydrogen) atoms. The minimum absolute atomic E-state index is 0.00366. The molecule has 1 N–H and O–H groups in total. The first kappa shape index (κ1) is 15.9. The Kier molecular flexibility index (Phi) is 3.94. The van der Waals surface area contributed by atoms with E-state index in [0.29, 0.717) is 0 Å². The van der Waals surface area contributed by atoms with Crippen molar-refractivity contribution in [3.8, 4) is 5.88 Å². The lowest BCUT2D eigenvalue weighted by Crippen LogP contribution is -2.24. The highest BCUT2D eigenvalue weighted by atomic mass is 16.5. The van der Waals surface area contributed by atoms with Gasteiger partial charge in [0.2, 0.25) is 11.7 Å². The number of carbonyl (C=O) groups is 3. The number of aromatic nitrogens is 1. The molecule has 0 unspecified atom stereocenters. The Balaban J connectivity index is 2.39. The zero-order valence-electron chi connectivity index (χ0n) is 13.2. The molecule has 7 heteroatoms. The highest BCUT2D eigenvalue weighted by molar-refractivity contribution is 6.30. The second-order valence-corrected chi connectivity index (χ2v) is 5.18. The average molecular weight is 329 g/mol. The lowest BCUT2D eigenvalue weighted by atomic mass is 9.86. The van der Waals surface area contributed by atoms with Crippen LogP contribution in [0.25, 0.3) is 0 Å². The molecule has 124 valence electrons. The van der Waals surface area contributed by atoms with Crippen LogP contribution in [0.15, 0.2) is 24.3 Å². The maximum atomic E-state index is 12.9. The lowest BCUT2D eigenvalue weighted by Gasteiger charge is -2.16. The Labute approximate surface area is 137 Å². The lowest BCUT2D eigenvalue weighted by molar-refractivity contribution is 0.0593. The van der Waals surface area contributed by atoms with Gasteiger partial charge < -0.3 is 19.1 Å². The van der Waals surface area contributed by atoms with E-state index in [4.69, 9.17) is 9.47 Å². The van der Waals surface area contributed by atoms with E-state index in [-0.39, 0.29) is 47.0 Å². The number of methoxy groups -OCH3 is 2. The van der Waals surface area contributed by atoms with E-state index >= 15 is 0 Å². The van der Waals surface area contributed by atoms with E-state index in [9.17, 15) is 19.5 Å². The van der Waals surface area contributed by atoms with Crippen LogP contribution < -0.4 is 4.74 Å². The third-order valence-electron chi connectivity index (χ3n) is 3.98. The second-order valence-electron chi connectivity index (χ2n) is 5.18. The molecule has 1 aliphatic carbocycles. The first-order chi connectivity index (χ1) is 11.6. The number of nitrogens with zero attached hydrogens (tertiary/aromatic N) is 1. The summed E-state index contributed by atoms with van der Waals surface area (Å²) < 4.78 is 11.3. The number of esters is 1. The van der Waals surface area contributed by atoms with E-state index in [1.807, 2.05) is 0 Å². The quantitative estimate of drug-likeness (QED) is 0.719. The predicted octanol–water partition coefficient (Wildman–Crippen LogP) is 1.05. The number of aliphatic hydroxyl groups is 1. The van der Waals surface area contributed by atoms with Crippen LogP contribution in [0.4, 0.5) is 0 Å². The molecule has 0 amide bonds. The largest absolute Gasteiger partial charge is 0.482 e. The highest BCUT2D eigenvalue weighted by Crippen LogP contribution is 2.37. The van der Waals surface area contributed by atoms with Gasteiger partial charge in [0.25, 0.3) is 0 Å². The fourth-order valence-corrected chi connectivity index (χ4v) is 3.01. The molecule has 3 rings (SSSR count). The summed E-state index contributed by atoms with van der Waals surface area (Å²) in [6.45, 7) is -0.287. The minimum Gasteiger partial charge on any atom is -0.482 e. The van der Waals surface area contributed by atoms with Crippen LogP contribution in [-0.2, 0) is 11.3 Å². The molecule has 1 aromatic heterocycles. The van der Waals surface area contributed by atoms with Crippen molar-refractivity contribution in [3.63, 3.8) is 0 Å². The van der Waals surface area contributed by atoms with Gasteiger partial charge in [-0.3, -0.25) is 9.59 Å². The summed E-state index contributed by atoms with van der Waals surface area (Å²) in [4.78, 5) is 38.0. The molecule has 0 saturated heterocycles. The molecule has 1 aromatic carbocycles. The molecule has 1 heterocycles. The Morgan fingerprint density at radius 1 is 1.12 bits per heavy atom. The molecule has 0 spiro atoms. The molecule has 0 aliphatic heterocycles. The highest BCUT2D eigenvalue weighted by Gasteiger charge is 2.40. The molecule has 2 aromatic rings. The van der Waals surface area contributed by atoms with Crippen LogP contribution >= 0.6 is 0 Å². The maximum Gasteiger partial charge on any atom is 0.344 e. The number of benzene rings is 1. The summed E-state index contributed by atoms with van der Waals surface area (Å²) in [6, 6.07) is 6.40. The smallest absolute Gasteiger partial charge is 0.344 e. The predicted molar refractivity (Wildman–Crippen MR) is 82.7 cm³/mol. The Hall–Kier alpha value is -2.93. The van der Waals surface area contributed by atoms with Gasteiger partial charge in [0.1, 0.15) is 11.3 Å². The summed E-state index contributed by atoms with van der Waals surface area (Å²) in [5.74, 6) is -1.60.